The van der Waals surface area contributed by atoms with Crippen molar-refractivity contribution in [1.29, 1.82) is 0 Å². The molecule has 2 saturated heterocycles. The Morgan fingerprint density at radius 1 is 0.963 bits per heavy atom. The number of rotatable bonds is 5. The number of halogens is 1. The highest BCUT2D eigenvalue weighted by Crippen LogP contribution is 2.33. The van der Waals surface area contributed by atoms with Gasteiger partial charge >= 0.3 is 0 Å². The minimum Gasteiger partial charge on any atom is -0.299 e. The average Bonchev–Trinajstić information content (AvgIpc) is 3.15. The third-order valence-corrected chi connectivity index (χ3v) is 6.51. The number of hydrogen-bond acceptors (Lipinski definition) is 3. The Morgan fingerprint density at radius 3 is 2.52 bits per heavy atom. The number of nitrogens with zero attached hydrogens (tertiary/aromatic N) is 3. The number of aromatic nitrogens is 1. The largest absolute Gasteiger partial charge is 0.299 e. The molecule has 2 aliphatic rings. The topological polar surface area (TPSA) is 19.4 Å². The summed E-state index contributed by atoms with van der Waals surface area (Å²) in [7, 11) is 0. The van der Waals surface area contributed by atoms with E-state index in [2.05, 4.69) is 26.9 Å². The quantitative estimate of drug-likeness (QED) is 0.787. The Morgan fingerprint density at radius 2 is 1.74 bits per heavy atom. The Hall–Kier alpha value is -1.78. The second kappa shape index (κ2) is 8.49. The van der Waals surface area contributed by atoms with E-state index in [1.54, 1.807) is 6.07 Å². The van der Waals surface area contributed by atoms with Crippen LogP contribution in [0, 0.1) is 24.6 Å². The van der Waals surface area contributed by atoms with Gasteiger partial charge in [-0.05, 0) is 86.5 Å². The van der Waals surface area contributed by atoms with E-state index >= 15 is 0 Å². The number of benzene rings is 1. The van der Waals surface area contributed by atoms with Crippen molar-refractivity contribution in [2.75, 3.05) is 26.2 Å². The van der Waals surface area contributed by atoms with Crippen LogP contribution in [0.2, 0.25) is 0 Å². The molecule has 1 aromatic carbocycles. The molecule has 2 aromatic rings. The van der Waals surface area contributed by atoms with Gasteiger partial charge in [0.05, 0.1) is 0 Å². The zero-order valence-electron chi connectivity index (χ0n) is 16.3. The summed E-state index contributed by atoms with van der Waals surface area (Å²) >= 11 is 0. The first-order chi connectivity index (χ1) is 13.2. The Labute approximate surface area is 162 Å². The minimum atomic E-state index is -0.0794. The Kier molecular flexibility index (Phi) is 5.84. The van der Waals surface area contributed by atoms with E-state index in [9.17, 15) is 4.39 Å². The molecule has 3 nitrogen and oxygen atoms in total. The molecule has 2 aliphatic heterocycles. The third-order valence-electron chi connectivity index (χ3n) is 6.51. The Balaban J connectivity index is 1.26. The molecule has 0 aliphatic carbocycles. The summed E-state index contributed by atoms with van der Waals surface area (Å²) in [4.78, 5) is 9.31. The van der Waals surface area contributed by atoms with Crippen LogP contribution in [0.1, 0.15) is 36.0 Å². The molecule has 4 rings (SSSR count). The van der Waals surface area contributed by atoms with E-state index < -0.39 is 0 Å². The van der Waals surface area contributed by atoms with E-state index in [0.29, 0.717) is 0 Å². The summed E-state index contributed by atoms with van der Waals surface area (Å²) in [6.45, 7) is 8.52. The number of hydrogen-bond donors (Lipinski definition) is 0. The van der Waals surface area contributed by atoms with Gasteiger partial charge in [-0.2, -0.15) is 0 Å². The summed E-state index contributed by atoms with van der Waals surface area (Å²) in [5.41, 5.74) is 3.26. The molecule has 0 N–H and O–H groups in total. The molecule has 1 aromatic heterocycles. The fourth-order valence-electron chi connectivity index (χ4n) is 4.79. The summed E-state index contributed by atoms with van der Waals surface area (Å²) in [6.07, 6.45) is 7.72. The molecule has 0 radical (unpaired) electrons. The van der Waals surface area contributed by atoms with Gasteiger partial charge < -0.3 is 0 Å². The van der Waals surface area contributed by atoms with Gasteiger partial charge in [0.2, 0.25) is 0 Å². The fraction of sp³-hybridized carbons (Fsp3) is 0.522. The van der Waals surface area contributed by atoms with Crippen LogP contribution in [0.25, 0.3) is 0 Å². The standard InChI is InChI=1S/C23H30FN3/c1-18-21(5-2-6-23(18)24)16-27-13-9-22(17-27)20-7-11-26(12-8-20)15-19-4-3-10-25-14-19/h2-6,10,14,20,22H,7-9,11-13,15-17H2,1H3. The highest BCUT2D eigenvalue weighted by atomic mass is 19.1. The lowest BCUT2D eigenvalue weighted by molar-refractivity contribution is 0.141. The smallest absolute Gasteiger partial charge is 0.126 e. The van der Waals surface area contributed by atoms with Crippen molar-refractivity contribution in [1.82, 2.24) is 14.8 Å². The van der Waals surface area contributed by atoms with Crippen molar-refractivity contribution in [2.45, 2.75) is 39.3 Å². The maximum absolute atomic E-state index is 13.8. The highest BCUT2D eigenvalue weighted by molar-refractivity contribution is 5.27. The molecule has 144 valence electrons. The second-order valence-corrected chi connectivity index (χ2v) is 8.28. The van der Waals surface area contributed by atoms with Gasteiger partial charge in [0.15, 0.2) is 0 Å². The molecule has 1 atom stereocenters. The van der Waals surface area contributed by atoms with Gasteiger partial charge in [0, 0.05) is 32.0 Å². The minimum absolute atomic E-state index is 0.0794. The second-order valence-electron chi connectivity index (χ2n) is 8.28. The predicted octanol–water partition coefficient (Wildman–Crippen LogP) is 4.26. The molecular weight excluding hydrogens is 337 g/mol. The monoisotopic (exact) mass is 367 g/mol. The molecule has 1 unspecified atom stereocenters. The molecule has 0 spiro atoms. The first kappa shape index (κ1) is 18.6. The maximum atomic E-state index is 13.8. The summed E-state index contributed by atoms with van der Waals surface area (Å²) in [5, 5.41) is 0. The van der Waals surface area contributed by atoms with E-state index in [1.807, 2.05) is 31.5 Å². The van der Waals surface area contributed by atoms with Crippen LogP contribution in [0.5, 0.6) is 0 Å². The van der Waals surface area contributed by atoms with Gasteiger partial charge in [0.1, 0.15) is 5.82 Å². The fourth-order valence-corrected chi connectivity index (χ4v) is 4.79. The van der Waals surface area contributed by atoms with Gasteiger partial charge in [-0.1, -0.05) is 18.2 Å². The van der Waals surface area contributed by atoms with Crippen LogP contribution in [-0.4, -0.2) is 41.0 Å². The van der Waals surface area contributed by atoms with Crippen LogP contribution in [0.15, 0.2) is 42.7 Å². The predicted molar refractivity (Wildman–Crippen MR) is 107 cm³/mol. The summed E-state index contributed by atoms with van der Waals surface area (Å²) < 4.78 is 13.8. The van der Waals surface area contributed by atoms with Gasteiger partial charge in [-0.15, -0.1) is 0 Å². The van der Waals surface area contributed by atoms with Crippen LogP contribution >= 0.6 is 0 Å². The van der Waals surface area contributed by atoms with Crippen LogP contribution < -0.4 is 0 Å². The number of likely N-dealkylation sites (tertiary alicyclic amines) is 2. The van der Waals surface area contributed by atoms with Crippen molar-refractivity contribution in [3.8, 4) is 0 Å². The Bertz CT molecular complexity index is 741. The van der Waals surface area contributed by atoms with Gasteiger partial charge in [-0.25, -0.2) is 4.39 Å². The van der Waals surface area contributed by atoms with Gasteiger partial charge in [0.25, 0.3) is 0 Å². The van der Waals surface area contributed by atoms with E-state index in [4.69, 9.17) is 0 Å². The normalized spacial score (nSPS) is 22.4. The van der Waals surface area contributed by atoms with Crippen molar-refractivity contribution in [3.63, 3.8) is 0 Å². The van der Waals surface area contributed by atoms with Crippen LogP contribution in [-0.2, 0) is 13.1 Å². The van der Waals surface area contributed by atoms with Crippen molar-refractivity contribution < 1.29 is 4.39 Å². The molecule has 0 saturated carbocycles. The molecule has 4 heteroatoms. The molecular formula is C23H30FN3. The highest BCUT2D eigenvalue weighted by Gasteiger charge is 2.32. The van der Waals surface area contributed by atoms with E-state index in [-0.39, 0.29) is 5.82 Å². The lowest BCUT2D eigenvalue weighted by atomic mass is 9.83. The molecule has 2 fully saturated rings. The van der Waals surface area contributed by atoms with Gasteiger partial charge in [-0.3, -0.25) is 14.8 Å². The number of piperidine rings is 1. The first-order valence-corrected chi connectivity index (χ1v) is 10.3. The average molecular weight is 368 g/mol. The third kappa shape index (κ3) is 4.56. The molecule has 0 bridgehead atoms. The zero-order chi connectivity index (χ0) is 18.6. The zero-order valence-corrected chi connectivity index (χ0v) is 16.3. The van der Waals surface area contributed by atoms with Crippen LogP contribution in [0.3, 0.4) is 0 Å². The van der Waals surface area contributed by atoms with E-state index in [0.717, 1.165) is 42.6 Å². The maximum Gasteiger partial charge on any atom is 0.126 e. The lowest BCUT2D eigenvalue weighted by Gasteiger charge is -2.35. The van der Waals surface area contributed by atoms with E-state index in [1.165, 1.54) is 44.5 Å². The first-order valence-electron chi connectivity index (χ1n) is 10.3. The van der Waals surface area contributed by atoms with Crippen molar-refractivity contribution in [2.24, 2.45) is 11.8 Å². The summed E-state index contributed by atoms with van der Waals surface area (Å²) in [5.74, 6) is 1.57. The number of pyridine rings is 1. The summed E-state index contributed by atoms with van der Waals surface area (Å²) in [6, 6.07) is 9.66. The molecule has 27 heavy (non-hydrogen) atoms. The van der Waals surface area contributed by atoms with Crippen molar-refractivity contribution >= 4 is 0 Å². The van der Waals surface area contributed by atoms with Crippen LogP contribution in [0.4, 0.5) is 4.39 Å². The van der Waals surface area contributed by atoms with Crippen molar-refractivity contribution in [3.05, 3.63) is 65.2 Å². The molecule has 0 amide bonds. The SMILES string of the molecule is Cc1c(F)cccc1CN1CCC(C2CCN(Cc3cccnc3)CC2)C1. The molecule has 3 heterocycles. The lowest BCUT2D eigenvalue weighted by Crippen LogP contribution is -2.36.